The van der Waals surface area contributed by atoms with Crippen LogP contribution >= 0.6 is 23.4 Å². The predicted molar refractivity (Wildman–Crippen MR) is 107 cm³/mol. The standard InChI is InChI=1S/C20H17ClN2O3S/c1-27-16-8-7-14-9-15(19(21)23-17(14)10-16)12-26-18(24)11-22-20(25)13-5-3-2-4-6-13/h2-10H,11-12H2,1H3,(H,22,25). The minimum Gasteiger partial charge on any atom is -0.459 e. The van der Waals surface area contributed by atoms with Crippen LogP contribution in [-0.2, 0) is 16.1 Å². The molecule has 0 aliphatic carbocycles. The van der Waals surface area contributed by atoms with Crippen LogP contribution in [-0.4, -0.2) is 29.7 Å². The maximum Gasteiger partial charge on any atom is 0.325 e. The van der Waals surface area contributed by atoms with E-state index in [4.69, 9.17) is 16.3 Å². The van der Waals surface area contributed by atoms with E-state index in [0.29, 0.717) is 16.3 Å². The normalized spacial score (nSPS) is 10.6. The van der Waals surface area contributed by atoms with Gasteiger partial charge in [0.25, 0.3) is 5.91 Å². The van der Waals surface area contributed by atoms with Crippen molar-refractivity contribution in [1.29, 1.82) is 0 Å². The number of fused-ring (bicyclic) bond motifs is 1. The lowest BCUT2D eigenvalue weighted by molar-refractivity contribution is -0.143. The summed E-state index contributed by atoms with van der Waals surface area (Å²) in [5.74, 6) is -0.879. The van der Waals surface area contributed by atoms with Crippen LogP contribution in [0.3, 0.4) is 0 Å². The number of ether oxygens (including phenoxy) is 1. The molecule has 138 valence electrons. The number of carbonyl (C=O) groups excluding carboxylic acids is 2. The van der Waals surface area contributed by atoms with Crippen molar-refractivity contribution in [2.45, 2.75) is 11.5 Å². The van der Waals surface area contributed by atoms with Crippen molar-refractivity contribution in [3.8, 4) is 0 Å². The molecule has 0 radical (unpaired) electrons. The topological polar surface area (TPSA) is 68.3 Å². The van der Waals surface area contributed by atoms with E-state index in [-0.39, 0.29) is 19.1 Å². The van der Waals surface area contributed by atoms with Gasteiger partial charge >= 0.3 is 5.97 Å². The quantitative estimate of drug-likeness (QED) is 0.383. The van der Waals surface area contributed by atoms with E-state index in [1.807, 2.05) is 36.6 Å². The second-order valence-electron chi connectivity index (χ2n) is 5.71. The zero-order valence-corrected chi connectivity index (χ0v) is 16.1. The molecule has 0 aliphatic rings. The van der Waals surface area contributed by atoms with Crippen molar-refractivity contribution >= 4 is 46.1 Å². The molecule has 0 fully saturated rings. The number of nitrogens with one attached hydrogen (secondary N) is 1. The Hall–Kier alpha value is -2.57. The van der Waals surface area contributed by atoms with E-state index in [1.165, 1.54) is 0 Å². The summed E-state index contributed by atoms with van der Waals surface area (Å²) in [6.45, 7) is -0.227. The number of nitrogens with zero attached hydrogens (tertiary/aromatic N) is 1. The third-order valence-corrected chi connectivity index (χ3v) is 4.92. The highest BCUT2D eigenvalue weighted by Crippen LogP contribution is 2.25. The molecule has 0 saturated heterocycles. The summed E-state index contributed by atoms with van der Waals surface area (Å²) in [5.41, 5.74) is 1.89. The first kappa shape index (κ1) is 19.2. The summed E-state index contributed by atoms with van der Waals surface area (Å²) < 4.78 is 5.21. The number of amides is 1. The van der Waals surface area contributed by atoms with Crippen molar-refractivity contribution in [3.05, 3.63) is 70.9 Å². The van der Waals surface area contributed by atoms with Crippen molar-refractivity contribution in [3.63, 3.8) is 0 Å². The number of esters is 1. The van der Waals surface area contributed by atoms with Crippen LogP contribution in [0.4, 0.5) is 0 Å². The minimum atomic E-state index is -0.548. The molecule has 3 aromatic rings. The third-order valence-electron chi connectivity index (χ3n) is 3.87. The summed E-state index contributed by atoms with van der Waals surface area (Å²) >= 11 is 7.84. The molecule has 0 atom stereocenters. The zero-order valence-electron chi connectivity index (χ0n) is 14.6. The lowest BCUT2D eigenvalue weighted by Gasteiger charge is -2.09. The van der Waals surface area contributed by atoms with Crippen LogP contribution < -0.4 is 5.32 Å². The maximum absolute atomic E-state index is 11.9. The molecule has 0 aliphatic heterocycles. The first-order valence-electron chi connectivity index (χ1n) is 8.19. The summed E-state index contributed by atoms with van der Waals surface area (Å²) in [6, 6.07) is 16.4. The first-order valence-corrected chi connectivity index (χ1v) is 9.79. The Morgan fingerprint density at radius 3 is 2.67 bits per heavy atom. The highest BCUT2D eigenvalue weighted by molar-refractivity contribution is 7.98. The fourth-order valence-electron chi connectivity index (χ4n) is 2.45. The Labute approximate surface area is 166 Å². The fraction of sp³-hybridized carbons (Fsp3) is 0.150. The predicted octanol–water partition coefficient (Wildman–Crippen LogP) is 4.08. The highest BCUT2D eigenvalue weighted by Gasteiger charge is 2.11. The van der Waals surface area contributed by atoms with Crippen molar-refractivity contribution < 1.29 is 14.3 Å². The number of pyridine rings is 1. The molecule has 1 N–H and O–H groups in total. The average molecular weight is 401 g/mol. The van der Waals surface area contributed by atoms with Crippen molar-refractivity contribution in [1.82, 2.24) is 10.3 Å². The largest absolute Gasteiger partial charge is 0.459 e. The number of rotatable bonds is 6. The zero-order chi connectivity index (χ0) is 19.2. The number of hydrogen-bond donors (Lipinski definition) is 1. The second-order valence-corrected chi connectivity index (χ2v) is 6.94. The van der Waals surface area contributed by atoms with E-state index in [2.05, 4.69) is 10.3 Å². The lowest BCUT2D eigenvalue weighted by Crippen LogP contribution is -2.30. The van der Waals surface area contributed by atoms with Gasteiger partial charge in [-0.25, -0.2) is 4.98 Å². The number of hydrogen-bond acceptors (Lipinski definition) is 5. The molecule has 0 spiro atoms. The molecule has 0 bridgehead atoms. The van der Waals surface area contributed by atoms with Crippen LogP contribution in [0, 0.1) is 0 Å². The Balaban J connectivity index is 1.58. The van der Waals surface area contributed by atoms with Crippen LogP contribution in [0.5, 0.6) is 0 Å². The Morgan fingerprint density at radius 1 is 1.15 bits per heavy atom. The van der Waals surface area contributed by atoms with Gasteiger partial charge in [0.1, 0.15) is 18.3 Å². The lowest BCUT2D eigenvalue weighted by atomic mass is 10.2. The summed E-state index contributed by atoms with van der Waals surface area (Å²) in [6.07, 6.45) is 1.99. The molecule has 0 unspecified atom stereocenters. The van der Waals surface area contributed by atoms with E-state index in [0.717, 1.165) is 15.8 Å². The van der Waals surface area contributed by atoms with Crippen molar-refractivity contribution in [2.24, 2.45) is 0 Å². The van der Waals surface area contributed by atoms with Gasteiger partial charge in [0.05, 0.1) is 5.52 Å². The van der Waals surface area contributed by atoms with Crippen LogP contribution in [0.2, 0.25) is 5.15 Å². The van der Waals surface area contributed by atoms with E-state index in [1.54, 1.807) is 36.0 Å². The molecule has 1 amide bonds. The van der Waals surface area contributed by atoms with Crippen LogP contribution in [0.25, 0.3) is 10.9 Å². The second kappa shape index (κ2) is 8.88. The number of thioether (sulfide) groups is 1. The first-order chi connectivity index (χ1) is 13.1. The summed E-state index contributed by atoms with van der Waals surface area (Å²) in [4.78, 5) is 29.3. The molecule has 3 rings (SSSR count). The monoisotopic (exact) mass is 400 g/mol. The molecule has 0 saturated carbocycles. The average Bonchev–Trinajstić information content (AvgIpc) is 2.70. The summed E-state index contributed by atoms with van der Waals surface area (Å²) in [5, 5.41) is 3.74. The third kappa shape index (κ3) is 4.99. The SMILES string of the molecule is CSc1ccc2cc(COC(=O)CNC(=O)c3ccccc3)c(Cl)nc2c1. The minimum absolute atomic E-state index is 0.00784. The number of carbonyl (C=O) groups is 2. The van der Waals surface area contributed by atoms with Gasteiger partial charge < -0.3 is 10.1 Å². The molecule has 27 heavy (non-hydrogen) atoms. The smallest absolute Gasteiger partial charge is 0.325 e. The molecular formula is C20H17ClN2O3S. The number of benzene rings is 2. The van der Waals surface area contributed by atoms with E-state index in [9.17, 15) is 9.59 Å². The maximum atomic E-state index is 11.9. The Morgan fingerprint density at radius 2 is 1.93 bits per heavy atom. The Kier molecular flexibility index (Phi) is 6.32. The van der Waals surface area contributed by atoms with Gasteiger partial charge in [-0.05, 0) is 36.6 Å². The molecule has 2 aromatic carbocycles. The van der Waals surface area contributed by atoms with Crippen LogP contribution in [0.15, 0.2) is 59.5 Å². The molecule has 1 heterocycles. The molecule has 7 heteroatoms. The molecular weight excluding hydrogens is 384 g/mol. The summed E-state index contributed by atoms with van der Waals surface area (Å²) in [7, 11) is 0. The number of halogens is 1. The van der Waals surface area contributed by atoms with E-state index < -0.39 is 5.97 Å². The fourth-order valence-corrected chi connectivity index (χ4v) is 3.08. The van der Waals surface area contributed by atoms with Gasteiger partial charge in [-0.15, -0.1) is 11.8 Å². The van der Waals surface area contributed by atoms with Gasteiger partial charge in [0, 0.05) is 21.4 Å². The highest BCUT2D eigenvalue weighted by atomic mass is 35.5. The van der Waals surface area contributed by atoms with Crippen molar-refractivity contribution in [2.75, 3.05) is 12.8 Å². The van der Waals surface area contributed by atoms with E-state index >= 15 is 0 Å². The van der Waals surface area contributed by atoms with Gasteiger partial charge in [-0.3, -0.25) is 9.59 Å². The van der Waals surface area contributed by atoms with Gasteiger partial charge in [0.15, 0.2) is 0 Å². The van der Waals surface area contributed by atoms with Gasteiger partial charge in [0.2, 0.25) is 0 Å². The van der Waals surface area contributed by atoms with Crippen LogP contribution in [0.1, 0.15) is 15.9 Å². The Bertz CT molecular complexity index is 980. The number of aromatic nitrogens is 1. The molecule has 1 aromatic heterocycles. The molecule has 5 nitrogen and oxygen atoms in total. The van der Waals surface area contributed by atoms with Gasteiger partial charge in [-0.2, -0.15) is 0 Å². The van der Waals surface area contributed by atoms with Gasteiger partial charge in [-0.1, -0.05) is 35.9 Å².